The Morgan fingerprint density at radius 3 is 1.89 bits per heavy atom. The maximum Gasteiger partial charge on any atom is 0.442 e. The van der Waals surface area contributed by atoms with Gasteiger partial charge in [-0.2, -0.15) is 0 Å². The number of rotatable bonds is 0. The lowest BCUT2D eigenvalue weighted by Gasteiger charge is -1.84. The molecule has 1 heterocycles. The molecule has 0 aromatic carbocycles. The average Bonchev–Trinajstić information content (AvgIpc) is 1.98. The van der Waals surface area contributed by atoms with Crippen molar-refractivity contribution in [2.24, 2.45) is 0 Å². The van der Waals surface area contributed by atoms with Crippen molar-refractivity contribution in [2.45, 2.75) is 0 Å². The van der Waals surface area contributed by atoms with E-state index in [4.69, 9.17) is 0 Å². The molecular formula is C4HBF4. The standard InChI is InChI=1S/C4HBF4/c6-2-1-5(9)4(8)3(2)7/h1H. The van der Waals surface area contributed by atoms with Gasteiger partial charge in [0.15, 0.2) is 11.7 Å². The summed E-state index contributed by atoms with van der Waals surface area (Å²) in [6, 6.07) is 0. The third kappa shape index (κ3) is 0.864. The van der Waals surface area contributed by atoms with Crippen LogP contribution in [0.4, 0.5) is 17.5 Å². The predicted octanol–water partition coefficient (Wildman–Crippen LogP) is 2.04. The van der Waals surface area contributed by atoms with Gasteiger partial charge in [-0.3, -0.25) is 0 Å². The van der Waals surface area contributed by atoms with E-state index in [-0.39, 0.29) is 5.98 Å². The molecule has 0 amide bonds. The van der Waals surface area contributed by atoms with Crippen molar-refractivity contribution in [3.05, 3.63) is 23.4 Å². The van der Waals surface area contributed by atoms with Crippen LogP contribution in [0.1, 0.15) is 0 Å². The molecule has 0 atom stereocenters. The third-order valence-corrected chi connectivity index (χ3v) is 0.954. The molecule has 0 saturated heterocycles. The molecule has 0 aromatic rings. The highest BCUT2D eigenvalue weighted by Gasteiger charge is 2.32. The Balaban J connectivity index is 2.97. The molecule has 5 heteroatoms. The van der Waals surface area contributed by atoms with Crippen LogP contribution in [0, 0.1) is 0 Å². The summed E-state index contributed by atoms with van der Waals surface area (Å²) in [4.78, 5) is 0. The zero-order valence-corrected chi connectivity index (χ0v) is 4.17. The molecular weight excluding hydrogens is 135 g/mol. The first-order valence-electron chi connectivity index (χ1n) is 2.20. The monoisotopic (exact) mass is 136 g/mol. The molecule has 0 aliphatic carbocycles. The highest BCUT2D eigenvalue weighted by molar-refractivity contribution is 6.65. The molecule has 1 aliphatic heterocycles. The topological polar surface area (TPSA) is 0 Å². The van der Waals surface area contributed by atoms with Crippen LogP contribution in [0.5, 0.6) is 0 Å². The van der Waals surface area contributed by atoms with Gasteiger partial charge in [0.25, 0.3) is 0 Å². The van der Waals surface area contributed by atoms with Gasteiger partial charge < -0.3 is 4.32 Å². The molecule has 0 bridgehead atoms. The van der Waals surface area contributed by atoms with Gasteiger partial charge in [-0.25, -0.2) is 13.2 Å². The summed E-state index contributed by atoms with van der Waals surface area (Å²) >= 11 is 0. The minimum Gasteiger partial charge on any atom is -0.320 e. The van der Waals surface area contributed by atoms with Gasteiger partial charge >= 0.3 is 6.99 Å². The van der Waals surface area contributed by atoms with Crippen LogP contribution in [-0.2, 0) is 0 Å². The Morgan fingerprint density at radius 1 is 1.22 bits per heavy atom. The number of allylic oxidation sites excluding steroid dienone is 2. The third-order valence-electron chi connectivity index (χ3n) is 0.954. The molecule has 0 radical (unpaired) electrons. The van der Waals surface area contributed by atoms with Crippen molar-refractivity contribution in [1.29, 1.82) is 0 Å². The SMILES string of the molecule is FB1C=C(F)C(F)=C1F. The summed E-state index contributed by atoms with van der Waals surface area (Å²) in [6.45, 7) is -2.23. The van der Waals surface area contributed by atoms with Gasteiger partial charge in [-0.1, -0.05) is 0 Å². The Bertz CT molecular complexity index is 195. The van der Waals surface area contributed by atoms with E-state index in [1.54, 1.807) is 0 Å². The first-order valence-corrected chi connectivity index (χ1v) is 2.20. The smallest absolute Gasteiger partial charge is 0.320 e. The highest BCUT2D eigenvalue weighted by atomic mass is 19.2. The lowest BCUT2D eigenvalue weighted by Crippen LogP contribution is -1.97. The molecule has 0 unspecified atom stereocenters. The van der Waals surface area contributed by atoms with Crippen LogP contribution in [0.3, 0.4) is 0 Å². The van der Waals surface area contributed by atoms with Crippen molar-refractivity contribution < 1.29 is 17.5 Å². The van der Waals surface area contributed by atoms with E-state index in [1.807, 2.05) is 0 Å². The quantitative estimate of drug-likeness (QED) is 0.353. The second-order valence-electron chi connectivity index (χ2n) is 1.58. The summed E-state index contributed by atoms with van der Waals surface area (Å²) in [5, 5.41) is 0. The summed E-state index contributed by atoms with van der Waals surface area (Å²) in [5.74, 6) is -2.94. The van der Waals surface area contributed by atoms with Crippen molar-refractivity contribution in [1.82, 2.24) is 0 Å². The van der Waals surface area contributed by atoms with Crippen molar-refractivity contribution in [2.75, 3.05) is 0 Å². The van der Waals surface area contributed by atoms with E-state index in [1.165, 1.54) is 0 Å². The molecule has 48 valence electrons. The van der Waals surface area contributed by atoms with Gasteiger partial charge in [-0.15, -0.1) is 0 Å². The molecule has 0 N–H and O–H groups in total. The van der Waals surface area contributed by atoms with Gasteiger partial charge in [0.2, 0.25) is 0 Å². The zero-order valence-electron chi connectivity index (χ0n) is 4.17. The summed E-state index contributed by atoms with van der Waals surface area (Å²) in [5.41, 5.74) is -1.67. The van der Waals surface area contributed by atoms with Crippen molar-refractivity contribution in [3.63, 3.8) is 0 Å². The Labute approximate surface area is 49.0 Å². The fourth-order valence-corrected chi connectivity index (χ4v) is 0.510. The van der Waals surface area contributed by atoms with E-state index < -0.39 is 24.4 Å². The molecule has 1 aliphatic rings. The van der Waals surface area contributed by atoms with Crippen LogP contribution >= 0.6 is 0 Å². The van der Waals surface area contributed by atoms with Crippen molar-refractivity contribution in [3.8, 4) is 0 Å². The lowest BCUT2D eigenvalue weighted by molar-refractivity contribution is 0.517. The maximum absolute atomic E-state index is 11.8. The zero-order chi connectivity index (χ0) is 7.02. The Morgan fingerprint density at radius 2 is 1.78 bits per heavy atom. The van der Waals surface area contributed by atoms with E-state index >= 15 is 0 Å². The minimum absolute atomic E-state index is 0.241. The largest absolute Gasteiger partial charge is 0.442 e. The van der Waals surface area contributed by atoms with Crippen molar-refractivity contribution >= 4 is 6.99 Å². The van der Waals surface area contributed by atoms with Gasteiger partial charge in [0, 0.05) is 0 Å². The molecule has 0 aromatic heterocycles. The minimum atomic E-state index is -2.23. The normalized spacial score (nSPS) is 19.1. The summed E-state index contributed by atoms with van der Waals surface area (Å²) < 4.78 is 47.2. The number of halogens is 4. The Kier molecular flexibility index (Phi) is 1.34. The van der Waals surface area contributed by atoms with E-state index in [2.05, 4.69) is 0 Å². The molecule has 1 rings (SSSR count). The van der Waals surface area contributed by atoms with Crippen LogP contribution < -0.4 is 0 Å². The molecule has 9 heavy (non-hydrogen) atoms. The highest BCUT2D eigenvalue weighted by Crippen LogP contribution is 2.28. The molecule has 0 saturated carbocycles. The van der Waals surface area contributed by atoms with Gasteiger partial charge in [-0.05, 0) is 5.98 Å². The fourth-order valence-electron chi connectivity index (χ4n) is 0.510. The molecule has 0 fully saturated rings. The van der Waals surface area contributed by atoms with E-state index in [0.29, 0.717) is 0 Å². The average molecular weight is 136 g/mol. The fraction of sp³-hybridized carbons (Fsp3) is 0. The van der Waals surface area contributed by atoms with Crippen LogP contribution in [0.15, 0.2) is 23.4 Å². The number of hydrogen-bond acceptors (Lipinski definition) is 0. The first-order chi connectivity index (χ1) is 4.13. The van der Waals surface area contributed by atoms with Crippen LogP contribution in [0.25, 0.3) is 0 Å². The van der Waals surface area contributed by atoms with E-state index in [9.17, 15) is 17.5 Å². The van der Waals surface area contributed by atoms with Crippen LogP contribution in [-0.4, -0.2) is 6.99 Å². The number of hydrogen-bond donors (Lipinski definition) is 0. The van der Waals surface area contributed by atoms with Gasteiger partial charge in [0.05, 0.1) is 0 Å². The Hall–Kier alpha value is -0.735. The van der Waals surface area contributed by atoms with E-state index in [0.717, 1.165) is 0 Å². The predicted molar refractivity (Wildman–Crippen MR) is 25.3 cm³/mol. The first kappa shape index (κ1) is 6.39. The molecule has 0 nitrogen and oxygen atoms in total. The summed E-state index contributed by atoms with van der Waals surface area (Å²) in [6.07, 6.45) is 0. The van der Waals surface area contributed by atoms with Crippen LogP contribution in [0.2, 0.25) is 0 Å². The second kappa shape index (κ2) is 1.90. The summed E-state index contributed by atoms with van der Waals surface area (Å²) in [7, 11) is 0. The van der Waals surface area contributed by atoms with Gasteiger partial charge in [0.1, 0.15) is 5.73 Å². The second-order valence-corrected chi connectivity index (χ2v) is 1.58. The maximum atomic E-state index is 11.8. The molecule has 0 spiro atoms. The lowest BCUT2D eigenvalue weighted by atomic mass is 9.74.